The molecular weight excluding hydrogens is 128 g/mol. The van der Waals surface area contributed by atoms with Crippen LogP contribution in [0, 0.1) is 0 Å². The Morgan fingerprint density at radius 3 is 3.10 bits per heavy atom. The van der Waals surface area contributed by atoms with Gasteiger partial charge >= 0.3 is 0 Å². The zero-order valence-corrected chi connectivity index (χ0v) is 5.66. The predicted molar refractivity (Wildman–Crippen MR) is 37.6 cm³/mol. The van der Waals surface area contributed by atoms with Gasteiger partial charge in [-0.05, 0) is 6.08 Å². The molecule has 0 amide bonds. The Morgan fingerprint density at radius 2 is 2.50 bits per heavy atom. The molecule has 2 aliphatic rings. The topological polar surface area (TPSA) is 24.5 Å². The standard InChI is InChI=1S/C7H10N2O/c1-3-7(10-6-1)9-5-2-4-8-9/h1-2,4,6-8H,3,5H2. The summed E-state index contributed by atoms with van der Waals surface area (Å²) < 4.78 is 5.28. The van der Waals surface area contributed by atoms with Crippen LogP contribution in [0.5, 0.6) is 0 Å². The molecule has 0 aromatic heterocycles. The first-order valence-electron chi connectivity index (χ1n) is 3.45. The molecule has 0 fully saturated rings. The Morgan fingerprint density at radius 1 is 1.50 bits per heavy atom. The fourth-order valence-electron chi connectivity index (χ4n) is 1.14. The summed E-state index contributed by atoms with van der Waals surface area (Å²) in [4.78, 5) is 0. The molecule has 54 valence electrons. The van der Waals surface area contributed by atoms with Crippen molar-refractivity contribution in [2.75, 3.05) is 6.54 Å². The van der Waals surface area contributed by atoms with Crippen molar-refractivity contribution in [3.8, 4) is 0 Å². The zero-order valence-electron chi connectivity index (χ0n) is 5.66. The summed E-state index contributed by atoms with van der Waals surface area (Å²) >= 11 is 0. The van der Waals surface area contributed by atoms with Gasteiger partial charge in [0.15, 0.2) is 6.23 Å². The molecule has 1 atom stereocenters. The first-order valence-corrected chi connectivity index (χ1v) is 3.45. The molecule has 0 spiro atoms. The molecule has 1 N–H and O–H groups in total. The van der Waals surface area contributed by atoms with E-state index in [4.69, 9.17) is 4.74 Å². The molecule has 3 nitrogen and oxygen atoms in total. The maximum Gasteiger partial charge on any atom is 0.171 e. The SMILES string of the molecule is C1=COC(N2CC=CN2)C1. The third-order valence-corrected chi connectivity index (χ3v) is 1.68. The van der Waals surface area contributed by atoms with E-state index in [1.165, 1.54) is 0 Å². The Labute approximate surface area is 59.9 Å². The van der Waals surface area contributed by atoms with Crippen LogP contribution >= 0.6 is 0 Å². The fourth-order valence-corrected chi connectivity index (χ4v) is 1.14. The second kappa shape index (κ2) is 2.34. The Balaban J connectivity index is 1.89. The highest BCUT2D eigenvalue weighted by Gasteiger charge is 2.20. The average Bonchev–Trinajstić information content (AvgIpc) is 2.59. The molecule has 3 heteroatoms. The van der Waals surface area contributed by atoms with E-state index in [9.17, 15) is 0 Å². The first-order chi connectivity index (χ1) is 4.97. The van der Waals surface area contributed by atoms with Crippen molar-refractivity contribution in [1.82, 2.24) is 10.4 Å². The van der Waals surface area contributed by atoms with E-state index in [2.05, 4.69) is 16.5 Å². The fraction of sp³-hybridized carbons (Fsp3) is 0.429. The molecule has 0 radical (unpaired) electrons. The summed E-state index contributed by atoms with van der Waals surface area (Å²) in [5, 5.41) is 2.06. The van der Waals surface area contributed by atoms with Gasteiger partial charge in [-0.3, -0.25) is 0 Å². The lowest BCUT2D eigenvalue weighted by molar-refractivity contribution is -0.000681. The van der Waals surface area contributed by atoms with Gasteiger partial charge in [0.25, 0.3) is 0 Å². The van der Waals surface area contributed by atoms with Crippen molar-refractivity contribution in [1.29, 1.82) is 0 Å². The molecule has 0 aliphatic carbocycles. The zero-order chi connectivity index (χ0) is 6.81. The van der Waals surface area contributed by atoms with Gasteiger partial charge in [0, 0.05) is 19.2 Å². The molecule has 0 saturated heterocycles. The van der Waals surface area contributed by atoms with E-state index < -0.39 is 0 Å². The van der Waals surface area contributed by atoms with Gasteiger partial charge < -0.3 is 10.2 Å². The number of hydrazine groups is 1. The van der Waals surface area contributed by atoms with Crippen LogP contribution in [0.1, 0.15) is 6.42 Å². The molecule has 1 unspecified atom stereocenters. The van der Waals surface area contributed by atoms with Crippen molar-refractivity contribution >= 4 is 0 Å². The summed E-state index contributed by atoms with van der Waals surface area (Å²) in [5.74, 6) is 0. The van der Waals surface area contributed by atoms with E-state index in [1.54, 1.807) is 6.26 Å². The van der Waals surface area contributed by atoms with E-state index in [0.717, 1.165) is 13.0 Å². The van der Waals surface area contributed by atoms with Gasteiger partial charge in [0.2, 0.25) is 0 Å². The summed E-state index contributed by atoms with van der Waals surface area (Å²) in [6.07, 6.45) is 8.97. The van der Waals surface area contributed by atoms with Crippen molar-refractivity contribution < 1.29 is 4.74 Å². The van der Waals surface area contributed by atoms with Crippen molar-refractivity contribution in [3.05, 3.63) is 24.6 Å². The number of ether oxygens (including phenoxy) is 1. The highest BCUT2D eigenvalue weighted by atomic mass is 16.5. The van der Waals surface area contributed by atoms with Crippen LogP contribution in [-0.2, 0) is 4.74 Å². The maximum absolute atomic E-state index is 5.28. The minimum absolute atomic E-state index is 0.204. The lowest BCUT2D eigenvalue weighted by Gasteiger charge is -2.22. The van der Waals surface area contributed by atoms with Crippen LogP contribution in [0.4, 0.5) is 0 Å². The highest BCUT2D eigenvalue weighted by Crippen LogP contribution is 2.13. The number of hydrogen-bond donors (Lipinski definition) is 1. The lowest BCUT2D eigenvalue weighted by Crippen LogP contribution is -2.39. The second-order valence-corrected chi connectivity index (χ2v) is 2.38. The van der Waals surface area contributed by atoms with Crippen LogP contribution < -0.4 is 5.43 Å². The third-order valence-electron chi connectivity index (χ3n) is 1.68. The molecule has 0 aromatic carbocycles. The van der Waals surface area contributed by atoms with Gasteiger partial charge in [-0.1, -0.05) is 6.08 Å². The molecule has 2 rings (SSSR count). The normalized spacial score (nSPS) is 30.6. The van der Waals surface area contributed by atoms with Gasteiger partial charge in [-0.15, -0.1) is 0 Å². The quantitative estimate of drug-likeness (QED) is 0.573. The van der Waals surface area contributed by atoms with Crippen LogP contribution in [0.3, 0.4) is 0 Å². The van der Waals surface area contributed by atoms with Gasteiger partial charge in [0.1, 0.15) is 0 Å². The van der Waals surface area contributed by atoms with Crippen LogP contribution in [0.15, 0.2) is 24.6 Å². The van der Waals surface area contributed by atoms with Crippen LogP contribution in [0.2, 0.25) is 0 Å². The van der Waals surface area contributed by atoms with E-state index in [-0.39, 0.29) is 6.23 Å². The summed E-state index contributed by atoms with van der Waals surface area (Å²) in [5.41, 5.74) is 3.09. The number of hydrogen-bond acceptors (Lipinski definition) is 3. The molecule has 0 aromatic rings. The summed E-state index contributed by atoms with van der Waals surface area (Å²) in [7, 11) is 0. The Hall–Kier alpha value is -0.960. The third kappa shape index (κ3) is 0.885. The maximum atomic E-state index is 5.28. The smallest absolute Gasteiger partial charge is 0.171 e. The average molecular weight is 138 g/mol. The number of nitrogens with zero attached hydrogens (tertiary/aromatic N) is 1. The van der Waals surface area contributed by atoms with Crippen LogP contribution in [-0.4, -0.2) is 17.8 Å². The van der Waals surface area contributed by atoms with Crippen LogP contribution in [0.25, 0.3) is 0 Å². The molecule has 2 heterocycles. The second-order valence-electron chi connectivity index (χ2n) is 2.38. The number of rotatable bonds is 1. The van der Waals surface area contributed by atoms with Crippen molar-refractivity contribution in [2.24, 2.45) is 0 Å². The van der Waals surface area contributed by atoms with Crippen molar-refractivity contribution in [3.63, 3.8) is 0 Å². The predicted octanol–water partition coefficient (Wildman–Crippen LogP) is 0.580. The minimum atomic E-state index is 0.204. The molecule has 2 aliphatic heterocycles. The monoisotopic (exact) mass is 138 g/mol. The molecule has 10 heavy (non-hydrogen) atoms. The molecular formula is C7H10N2O. The van der Waals surface area contributed by atoms with E-state index in [1.807, 2.05) is 12.3 Å². The lowest BCUT2D eigenvalue weighted by atomic mass is 10.4. The summed E-state index contributed by atoms with van der Waals surface area (Å²) in [6, 6.07) is 0. The van der Waals surface area contributed by atoms with Gasteiger partial charge in [0.05, 0.1) is 6.26 Å². The Kier molecular flexibility index (Phi) is 1.36. The first kappa shape index (κ1) is 5.80. The summed E-state index contributed by atoms with van der Waals surface area (Å²) in [6.45, 7) is 0.937. The molecule has 0 bridgehead atoms. The number of nitrogens with one attached hydrogen (secondary N) is 1. The molecule has 0 saturated carbocycles. The van der Waals surface area contributed by atoms with Gasteiger partial charge in [-0.25, -0.2) is 0 Å². The largest absolute Gasteiger partial charge is 0.481 e. The van der Waals surface area contributed by atoms with Crippen molar-refractivity contribution in [2.45, 2.75) is 12.6 Å². The highest BCUT2D eigenvalue weighted by molar-refractivity contribution is 4.94. The van der Waals surface area contributed by atoms with E-state index >= 15 is 0 Å². The minimum Gasteiger partial charge on any atom is -0.481 e. The van der Waals surface area contributed by atoms with E-state index in [0.29, 0.717) is 0 Å². The Bertz CT molecular complexity index is 140. The van der Waals surface area contributed by atoms with Gasteiger partial charge in [-0.2, -0.15) is 5.01 Å².